The number of aliphatic hydroxyl groups is 5. The summed E-state index contributed by atoms with van der Waals surface area (Å²) in [5, 5.41) is 61.7. The molecule has 0 saturated carbocycles. The van der Waals surface area contributed by atoms with Crippen molar-refractivity contribution in [2.24, 2.45) is 5.92 Å². The summed E-state index contributed by atoms with van der Waals surface area (Å²) in [5.74, 6) is -1.71. The average molecular weight is 674 g/mol. The van der Waals surface area contributed by atoms with Crippen LogP contribution in [0.15, 0.2) is 97.1 Å². The number of aromatic hydroxyl groups is 1. The number of amides is 1. The molecule has 0 bridgehead atoms. The first-order valence-electron chi connectivity index (χ1n) is 16.0. The second-order valence-corrected chi connectivity index (χ2v) is 12.4. The summed E-state index contributed by atoms with van der Waals surface area (Å²) in [5.41, 5.74) is 3.73. The van der Waals surface area contributed by atoms with Crippen molar-refractivity contribution < 1.29 is 49.0 Å². The van der Waals surface area contributed by atoms with E-state index in [2.05, 4.69) is 0 Å². The number of phenols is 1. The van der Waals surface area contributed by atoms with Gasteiger partial charge in [-0.2, -0.15) is 0 Å². The van der Waals surface area contributed by atoms with Crippen molar-refractivity contribution in [3.05, 3.63) is 125 Å². The molecule has 0 aliphatic carbocycles. The van der Waals surface area contributed by atoms with Crippen molar-refractivity contribution in [1.82, 2.24) is 0 Å². The number of nitrogens with zero attached hydrogens (tertiary/aromatic N) is 1. The number of carbonyl (C=O) groups is 1. The Kier molecular flexibility index (Phi) is 10.2. The highest BCUT2D eigenvalue weighted by Gasteiger charge is 2.49. The van der Waals surface area contributed by atoms with Crippen molar-refractivity contribution in [3.63, 3.8) is 0 Å². The molecule has 2 saturated heterocycles. The van der Waals surface area contributed by atoms with E-state index in [9.17, 15) is 44.2 Å². The summed E-state index contributed by atoms with van der Waals surface area (Å²) < 4.78 is 32.6. The van der Waals surface area contributed by atoms with E-state index < -0.39 is 66.8 Å². The maximum absolute atomic E-state index is 13.7. The topological polar surface area (TPSA) is 151 Å². The molecule has 2 aliphatic rings. The van der Waals surface area contributed by atoms with E-state index in [1.165, 1.54) is 53.4 Å². The predicted octanol–water partition coefficient (Wildman–Crippen LogP) is 4.41. The van der Waals surface area contributed by atoms with Crippen LogP contribution in [0.1, 0.15) is 41.7 Å². The molecule has 4 aromatic rings. The van der Waals surface area contributed by atoms with Crippen LogP contribution in [0.25, 0.3) is 17.2 Å². The van der Waals surface area contributed by atoms with Gasteiger partial charge in [0, 0.05) is 11.3 Å². The molecule has 0 spiro atoms. The average Bonchev–Trinajstić information content (AvgIpc) is 3.11. The van der Waals surface area contributed by atoms with E-state index in [1.54, 1.807) is 24.3 Å². The van der Waals surface area contributed by atoms with Crippen molar-refractivity contribution in [1.29, 1.82) is 0 Å². The third kappa shape index (κ3) is 7.13. The van der Waals surface area contributed by atoms with Gasteiger partial charge >= 0.3 is 0 Å². The minimum atomic E-state index is -1.47. The van der Waals surface area contributed by atoms with Crippen LogP contribution in [0.3, 0.4) is 0 Å². The molecule has 0 unspecified atom stereocenters. The Morgan fingerprint density at radius 2 is 1.45 bits per heavy atom. The molecule has 256 valence electrons. The van der Waals surface area contributed by atoms with Gasteiger partial charge in [-0.3, -0.25) is 4.79 Å². The molecule has 11 heteroatoms. The molecule has 2 fully saturated rings. The molecule has 2 heterocycles. The van der Waals surface area contributed by atoms with E-state index in [-0.39, 0.29) is 18.1 Å². The Hall–Kier alpha value is -4.49. The number of carbonyl (C=O) groups excluding carboxylic acids is 1. The molecular formula is C38H37F2NO8. The lowest BCUT2D eigenvalue weighted by molar-refractivity contribution is -0.216. The molecular weight excluding hydrogens is 636 g/mol. The number of β-lactam (4-membered cyclic amide) rings is 1. The highest BCUT2D eigenvalue weighted by Crippen LogP contribution is 2.49. The van der Waals surface area contributed by atoms with Gasteiger partial charge in [-0.15, -0.1) is 0 Å². The number of hydrogen-bond acceptors (Lipinski definition) is 8. The van der Waals surface area contributed by atoms with Gasteiger partial charge in [0.05, 0.1) is 24.7 Å². The predicted molar refractivity (Wildman–Crippen MR) is 177 cm³/mol. The molecule has 0 aromatic heterocycles. The van der Waals surface area contributed by atoms with Gasteiger partial charge in [0.25, 0.3) is 0 Å². The largest absolute Gasteiger partial charge is 0.508 e. The highest BCUT2D eigenvalue weighted by atomic mass is 19.1. The fraction of sp³-hybridized carbons (Fsp3) is 0.289. The fourth-order valence-corrected chi connectivity index (χ4v) is 6.52. The van der Waals surface area contributed by atoms with Crippen LogP contribution >= 0.6 is 0 Å². The summed E-state index contributed by atoms with van der Waals surface area (Å²) in [7, 11) is 0. The maximum Gasteiger partial charge on any atom is 0.233 e. The molecule has 4 aromatic carbocycles. The monoisotopic (exact) mass is 673 g/mol. The van der Waals surface area contributed by atoms with Gasteiger partial charge in [-0.1, -0.05) is 60.7 Å². The summed E-state index contributed by atoms with van der Waals surface area (Å²) in [6.45, 7) is -0.516. The number of benzene rings is 4. The highest BCUT2D eigenvalue weighted by molar-refractivity contribution is 6.03. The minimum Gasteiger partial charge on any atom is -0.508 e. The van der Waals surface area contributed by atoms with Crippen molar-refractivity contribution in [2.75, 3.05) is 11.5 Å². The van der Waals surface area contributed by atoms with E-state index in [4.69, 9.17) is 4.74 Å². The number of anilines is 1. The van der Waals surface area contributed by atoms with Crippen LogP contribution in [0, 0.1) is 17.6 Å². The molecule has 1 amide bonds. The summed E-state index contributed by atoms with van der Waals surface area (Å²) >= 11 is 0. The zero-order valence-electron chi connectivity index (χ0n) is 26.3. The van der Waals surface area contributed by atoms with E-state index in [0.717, 1.165) is 11.1 Å². The van der Waals surface area contributed by atoms with Crippen LogP contribution in [-0.2, 0) is 9.53 Å². The minimum absolute atomic E-state index is 0.0437. The van der Waals surface area contributed by atoms with Crippen molar-refractivity contribution in [3.8, 4) is 16.9 Å². The number of ether oxygens (including phenoxy) is 1. The van der Waals surface area contributed by atoms with Gasteiger partial charge < -0.3 is 40.3 Å². The second kappa shape index (κ2) is 14.6. The smallest absolute Gasteiger partial charge is 0.233 e. The zero-order valence-corrected chi connectivity index (χ0v) is 26.3. The number of phenolic OH excluding ortho intramolecular Hbond substituents is 1. The van der Waals surface area contributed by atoms with E-state index in [1.807, 2.05) is 30.3 Å². The van der Waals surface area contributed by atoms with Crippen LogP contribution in [0.5, 0.6) is 5.75 Å². The summed E-state index contributed by atoms with van der Waals surface area (Å²) in [6, 6.07) is 22.9. The third-order valence-corrected chi connectivity index (χ3v) is 9.33. The number of halogens is 2. The lowest BCUT2D eigenvalue weighted by atomic mass is 9.77. The van der Waals surface area contributed by atoms with Crippen LogP contribution in [-0.4, -0.2) is 73.7 Å². The molecule has 49 heavy (non-hydrogen) atoms. The van der Waals surface area contributed by atoms with Gasteiger partial charge in [-0.05, 0) is 77.6 Å². The van der Waals surface area contributed by atoms with Gasteiger partial charge in [0.2, 0.25) is 5.91 Å². The van der Waals surface area contributed by atoms with Crippen LogP contribution < -0.4 is 4.90 Å². The first-order valence-corrected chi connectivity index (χ1v) is 16.0. The first kappa shape index (κ1) is 34.4. The second-order valence-electron chi connectivity index (χ2n) is 12.4. The molecule has 6 N–H and O–H groups in total. The zero-order chi connectivity index (χ0) is 34.8. The number of aliphatic hydroxyl groups excluding tert-OH is 5. The molecule has 8 atom stereocenters. The molecule has 9 nitrogen and oxygen atoms in total. The van der Waals surface area contributed by atoms with Gasteiger partial charge in [0.15, 0.2) is 0 Å². The van der Waals surface area contributed by atoms with E-state index in [0.29, 0.717) is 28.8 Å². The van der Waals surface area contributed by atoms with Gasteiger partial charge in [0.1, 0.15) is 47.9 Å². The Labute approximate surface area is 281 Å². The Balaban J connectivity index is 1.19. The molecule has 6 rings (SSSR count). The molecule has 2 aliphatic heterocycles. The SMILES string of the molecule is O=C1[C@H](CC[C@H](O)c2ccc(F)cc2)[C@@H](c2ccc(-c3ccc(C=C[C@@H]4O[C@H](CO)[C@@H](O)[C@H](O)[C@H]4O)cc3)cc2O)N1c1ccc(F)cc1. The number of rotatable bonds is 10. The normalized spacial score (nSPS) is 26.1. The van der Waals surface area contributed by atoms with Crippen LogP contribution in [0.2, 0.25) is 0 Å². The van der Waals surface area contributed by atoms with Crippen LogP contribution in [0.4, 0.5) is 14.5 Å². The third-order valence-electron chi connectivity index (χ3n) is 9.33. The van der Waals surface area contributed by atoms with Gasteiger partial charge in [-0.25, -0.2) is 8.78 Å². The lowest BCUT2D eigenvalue weighted by Crippen LogP contribution is -2.57. The summed E-state index contributed by atoms with van der Waals surface area (Å²) in [6.07, 6.45) is -3.40. The Morgan fingerprint density at radius 1 is 0.816 bits per heavy atom. The molecule has 0 radical (unpaired) electrons. The fourth-order valence-electron chi connectivity index (χ4n) is 6.52. The first-order chi connectivity index (χ1) is 23.5. The maximum atomic E-state index is 13.7. The Bertz CT molecular complexity index is 1780. The van der Waals surface area contributed by atoms with Crippen molar-refractivity contribution in [2.45, 2.75) is 55.5 Å². The quantitative estimate of drug-likeness (QED) is 0.136. The lowest BCUT2D eigenvalue weighted by Gasteiger charge is -2.48. The van der Waals surface area contributed by atoms with Crippen molar-refractivity contribution >= 4 is 17.7 Å². The Morgan fingerprint density at radius 3 is 2.08 bits per heavy atom. The standard InChI is InChI=1S/C38H37F2NO8/c39-25-9-6-23(7-10-25)30(43)17-16-29-34(41(38(29)48)27-13-11-26(40)12-14-27)28-15-8-24(19-31(28)44)22-4-1-21(2-5-22)3-18-32-35(45)37(47)36(46)33(20-42)49-32/h1-15,18-19,29-30,32-37,42-47H,16-17,20H2/t29-,30+,32+,33-,34-,35+,36-,37-/m1/s1. The van der Waals surface area contributed by atoms with E-state index >= 15 is 0 Å². The number of hydrogen-bond donors (Lipinski definition) is 6. The summed E-state index contributed by atoms with van der Waals surface area (Å²) in [4.78, 5) is 15.0.